The number of urea groups is 1. The van der Waals surface area contributed by atoms with Crippen LogP contribution >= 0.6 is 0 Å². The minimum atomic E-state index is -4.03. The first-order valence-corrected chi connectivity index (χ1v) is 10.5. The standard InChI is InChI=1S/C19H23N5O4S/c1-23(2)19(26)24-8-7-16-14(12-24)10-21-11-17(16)18(25)22-29(27,28)15-5-3-13(9-20)4-6-15/h3-6,10-11H,7-9,12,20H2,1-2H3,(H,22,25). The number of rotatable bonds is 4. The van der Waals surface area contributed by atoms with Gasteiger partial charge in [0.05, 0.1) is 10.5 Å². The van der Waals surface area contributed by atoms with Crippen LogP contribution in [0.15, 0.2) is 41.6 Å². The van der Waals surface area contributed by atoms with Gasteiger partial charge in [0, 0.05) is 46.1 Å². The van der Waals surface area contributed by atoms with Gasteiger partial charge >= 0.3 is 6.03 Å². The molecule has 0 saturated heterocycles. The number of carbonyl (C=O) groups is 2. The number of nitrogens with one attached hydrogen (secondary N) is 1. The second kappa shape index (κ2) is 8.18. The molecule has 3 rings (SSSR count). The van der Waals surface area contributed by atoms with Gasteiger partial charge in [0.2, 0.25) is 0 Å². The molecule has 1 aliphatic rings. The Morgan fingerprint density at radius 3 is 2.52 bits per heavy atom. The molecule has 0 radical (unpaired) electrons. The number of nitrogens with zero attached hydrogens (tertiary/aromatic N) is 3. The summed E-state index contributed by atoms with van der Waals surface area (Å²) in [6, 6.07) is 5.87. The van der Waals surface area contributed by atoms with Gasteiger partial charge in [0.15, 0.2) is 0 Å². The van der Waals surface area contributed by atoms with Crippen LogP contribution in [0.25, 0.3) is 0 Å². The highest BCUT2D eigenvalue weighted by Crippen LogP contribution is 2.23. The SMILES string of the molecule is CN(C)C(=O)N1CCc2c(cncc2C(=O)NS(=O)(=O)c2ccc(CN)cc2)C1. The summed E-state index contributed by atoms with van der Waals surface area (Å²) in [6.45, 7) is 1.04. The predicted octanol–water partition coefficient (Wildman–Crippen LogP) is 0.699. The number of fused-ring (bicyclic) bond motifs is 1. The van der Waals surface area contributed by atoms with Crippen LogP contribution < -0.4 is 10.5 Å². The quantitative estimate of drug-likeness (QED) is 0.754. The molecule has 1 aromatic carbocycles. The molecule has 0 unspecified atom stereocenters. The molecule has 3 amide bonds. The lowest BCUT2D eigenvalue weighted by Crippen LogP contribution is -2.42. The summed E-state index contributed by atoms with van der Waals surface area (Å²) in [5.41, 5.74) is 7.93. The summed E-state index contributed by atoms with van der Waals surface area (Å²) in [4.78, 5) is 32.1. The zero-order chi connectivity index (χ0) is 21.2. The summed E-state index contributed by atoms with van der Waals surface area (Å²) < 4.78 is 27.2. The van der Waals surface area contributed by atoms with Gasteiger partial charge in [0.1, 0.15) is 0 Å². The zero-order valence-corrected chi connectivity index (χ0v) is 17.1. The molecule has 0 aliphatic carbocycles. The van der Waals surface area contributed by atoms with E-state index >= 15 is 0 Å². The van der Waals surface area contributed by atoms with Crippen molar-refractivity contribution in [1.82, 2.24) is 19.5 Å². The van der Waals surface area contributed by atoms with Crippen molar-refractivity contribution in [3.63, 3.8) is 0 Å². The normalized spacial score (nSPS) is 13.6. The molecule has 2 aromatic rings. The van der Waals surface area contributed by atoms with Gasteiger partial charge in [-0.3, -0.25) is 9.78 Å². The molecule has 0 fully saturated rings. The van der Waals surface area contributed by atoms with E-state index in [1.54, 1.807) is 37.3 Å². The highest BCUT2D eigenvalue weighted by molar-refractivity contribution is 7.90. The Kier molecular flexibility index (Phi) is 5.85. The second-order valence-electron chi connectivity index (χ2n) is 6.96. The van der Waals surface area contributed by atoms with Gasteiger partial charge in [-0.15, -0.1) is 0 Å². The predicted molar refractivity (Wildman–Crippen MR) is 106 cm³/mol. The molecule has 154 valence electrons. The minimum Gasteiger partial charge on any atom is -0.331 e. The Labute approximate surface area is 169 Å². The summed E-state index contributed by atoms with van der Waals surface area (Å²) in [7, 11) is -0.691. The van der Waals surface area contributed by atoms with Crippen molar-refractivity contribution in [3.05, 3.63) is 58.9 Å². The Morgan fingerprint density at radius 1 is 1.21 bits per heavy atom. The van der Waals surface area contributed by atoms with E-state index in [0.717, 1.165) is 11.1 Å². The molecule has 0 spiro atoms. The van der Waals surface area contributed by atoms with Crippen LogP contribution in [-0.4, -0.2) is 55.8 Å². The summed E-state index contributed by atoms with van der Waals surface area (Å²) >= 11 is 0. The number of hydrogen-bond donors (Lipinski definition) is 2. The van der Waals surface area contributed by atoms with Gasteiger partial charge in [-0.05, 0) is 35.2 Å². The van der Waals surface area contributed by atoms with Crippen LogP contribution in [0.3, 0.4) is 0 Å². The molecule has 1 aromatic heterocycles. The van der Waals surface area contributed by atoms with E-state index in [9.17, 15) is 18.0 Å². The van der Waals surface area contributed by atoms with Gasteiger partial charge in [-0.25, -0.2) is 17.9 Å². The number of amides is 3. The molecule has 10 heteroatoms. The Balaban J connectivity index is 1.82. The fourth-order valence-electron chi connectivity index (χ4n) is 3.18. The molecule has 0 bridgehead atoms. The van der Waals surface area contributed by atoms with E-state index in [1.807, 2.05) is 0 Å². The second-order valence-corrected chi connectivity index (χ2v) is 8.64. The maximum Gasteiger partial charge on any atom is 0.319 e. The Bertz CT molecular complexity index is 1040. The van der Waals surface area contributed by atoms with Gasteiger partial charge < -0.3 is 15.5 Å². The van der Waals surface area contributed by atoms with Crippen molar-refractivity contribution in [2.75, 3.05) is 20.6 Å². The monoisotopic (exact) mass is 417 g/mol. The molecule has 9 nitrogen and oxygen atoms in total. The number of hydrogen-bond acceptors (Lipinski definition) is 6. The lowest BCUT2D eigenvalue weighted by molar-refractivity contribution is 0.0979. The number of nitrogens with two attached hydrogens (primary N) is 1. The third-order valence-corrected chi connectivity index (χ3v) is 6.08. The van der Waals surface area contributed by atoms with Crippen LogP contribution in [0.2, 0.25) is 0 Å². The lowest BCUT2D eigenvalue weighted by Gasteiger charge is -2.31. The van der Waals surface area contributed by atoms with Crippen molar-refractivity contribution < 1.29 is 18.0 Å². The van der Waals surface area contributed by atoms with Crippen molar-refractivity contribution in [3.8, 4) is 0 Å². The van der Waals surface area contributed by atoms with Crippen LogP contribution in [0.1, 0.15) is 27.0 Å². The maximum absolute atomic E-state index is 12.7. The molecule has 29 heavy (non-hydrogen) atoms. The van der Waals surface area contributed by atoms with E-state index in [-0.39, 0.29) is 16.5 Å². The summed E-state index contributed by atoms with van der Waals surface area (Å²) in [6.07, 6.45) is 3.39. The Morgan fingerprint density at radius 2 is 1.90 bits per heavy atom. The smallest absolute Gasteiger partial charge is 0.319 e. The molecule has 3 N–H and O–H groups in total. The lowest BCUT2D eigenvalue weighted by atomic mass is 9.97. The third kappa shape index (κ3) is 4.38. The average molecular weight is 417 g/mol. The number of benzene rings is 1. The number of aromatic nitrogens is 1. The Hall–Kier alpha value is -2.98. The molecular weight excluding hydrogens is 394 g/mol. The van der Waals surface area contributed by atoms with E-state index in [0.29, 0.717) is 31.6 Å². The largest absolute Gasteiger partial charge is 0.331 e. The topological polar surface area (TPSA) is 126 Å². The molecule has 1 aliphatic heterocycles. The highest BCUT2D eigenvalue weighted by Gasteiger charge is 2.27. The van der Waals surface area contributed by atoms with Crippen LogP contribution in [-0.2, 0) is 29.5 Å². The van der Waals surface area contributed by atoms with Crippen molar-refractivity contribution in [2.45, 2.75) is 24.4 Å². The van der Waals surface area contributed by atoms with Gasteiger partial charge in [-0.2, -0.15) is 0 Å². The maximum atomic E-state index is 12.7. The summed E-state index contributed by atoms with van der Waals surface area (Å²) in [5.74, 6) is -0.746. The van der Waals surface area contributed by atoms with Crippen LogP contribution in [0.5, 0.6) is 0 Å². The number of pyridine rings is 1. The first-order chi connectivity index (χ1) is 13.7. The highest BCUT2D eigenvalue weighted by atomic mass is 32.2. The van der Waals surface area contributed by atoms with Crippen LogP contribution in [0.4, 0.5) is 4.79 Å². The van der Waals surface area contributed by atoms with E-state index < -0.39 is 15.9 Å². The fraction of sp³-hybridized carbons (Fsp3) is 0.316. The van der Waals surface area contributed by atoms with Gasteiger partial charge in [0.25, 0.3) is 15.9 Å². The van der Waals surface area contributed by atoms with Crippen molar-refractivity contribution in [2.24, 2.45) is 5.73 Å². The molecular formula is C19H23N5O4S. The summed E-state index contributed by atoms with van der Waals surface area (Å²) in [5, 5.41) is 0. The number of sulfonamides is 1. The zero-order valence-electron chi connectivity index (χ0n) is 16.3. The molecule has 0 atom stereocenters. The van der Waals surface area contributed by atoms with E-state index in [2.05, 4.69) is 9.71 Å². The van der Waals surface area contributed by atoms with Gasteiger partial charge in [-0.1, -0.05) is 12.1 Å². The van der Waals surface area contributed by atoms with Crippen LogP contribution in [0, 0.1) is 0 Å². The molecule has 2 heterocycles. The first-order valence-electron chi connectivity index (χ1n) is 9.01. The number of carbonyl (C=O) groups excluding carboxylic acids is 2. The van der Waals surface area contributed by atoms with Crippen molar-refractivity contribution in [1.29, 1.82) is 0 Å². The first kappa shape index (κ1) is 20.7. The van der Waals surface area contributed by atoms with Crippen molar-refractivity contribution >= 4 is 22.0 Å². The average Bonchev–Trinajstić information content (AvgIpc) is 2.71. The van der Waals surface area contributed by atoms with E-state index in [1.165, 1.54) is 23.2 Å². The fourth-order valence-corrected chi connectivity index (χ4v) is 4.14. The van der Waals surface area contributed by atoms with E-state index in [4.69, 9.17) is 5.73 Å². The third-order valence-electron chi connectivity index (χ3n) is 4.73. The molecule has 0 saturated carbocycles. The minimum absolute atomic E-state index is 0.0245.